The number of amides is 3. The van der Waals surface area contributed by atoms with Crippen molar-refractivity contribution < 1.29 is 14.4 Å². The summed E-state index contributed by atoms with van der Waals surface area (Å²) in [5.41, 5.74) is 3.72. The summed E-state index contributed by atoms with van der Waals surface area (Å²) in [6.45, 7) is 4.93. The molecule has 0 unspecified atom stereocenters. The van der Waals surface area contributed by atoms with Gasteiger partial charge in [-0.15, -0.1) is 11.8 Å². The number of rotatable bonds is 3. The largest absolute Gasteiger partial charge is 0.341 e. The highest BCUT2D eigenvalue weighted by Crippen LogP contribution is 2.36. The maximum atomic E-state index is 13.0. The van der Waals surface area contributed by atoms with Crippen molar-refractivity contribution in [2.45, 2.75) is 36.8 Å². The van der Waals surface area contributed by atoms with E-state index in [-0.39, 0.29) is 23.6 Å². The van der Waals surface area contributed by atoms with Crippen LogP contribution in [-0.4, -0.2) is 41.0 Å². The molecule has 2 aliphatic rings. The Bertz CT molecular complexity index is 999. The minimum Gasteiger partial charge on any atom is -0.341 e. The number of piperidine rings is 1. The number of thioether (sulfide) groups is 1. The van der Waals surface area contributed by atoms with Gasteiger partial charge >= 0.3 is 0 Å². The van der Waals surface area contributed by atoms with Gasteiger partial charge in [0.15, 0.2) is 5.25 Å². The third-order valence-corrected chi connectivity index (χ3v) is 6.94. The number of nitrogens with one attached hydrogen (secondary N) is 2. The molecule has 1 saturated heterocycles. The summed E-state index contributed by atoms with van der Waals surface area (Å²) < 4.78 is 0. The van der Waals surface area contributed by atoms with Crippen LogP contribution in [0, 0.1) is 19.8 Å². The van der Waals surface area contributed by atoms with Crippen LogP contribution < -0.4 is 10.6 Å². The van der Waals surface area contributed by atoms with E-state index in [1.807, 2.05) is 56.3 Å². The summed E-state index contributed by atoms with van der Waals surface area (Å²) in [5, 5.41) is 5.08. The zero-order valence-corrected chi connectivity index (χ0v) is 17.9. The summed E-state index contributed by atoms with van der Waals surface area (Å²) in [7, 11) is 0. The number of carbonyl (C=O) groups is 3. The summed E-state index contributed by atoms with van der Waals surface area (Å²) in [6.07, 6.45) is 1.19. The molecule has 0 radical (unpaired) electrons. The van der Waals surface area contributed by atoms with Crippen molar-refractivity contribution in [1.29, 1.82) is 0 Å². The molecule has 0 saturated carbocycles. The summed E-state index contributed by atoms with van der Waals surface area (Å²) >= 11 is 1.30. The predicted molar refractivity (Wildman–Crippen MR) is 119 cm³/mol. The highest BCUT2D eigenvalue weighted by molar-refractivity contribution is 8.01. The fourth-order valence-corrected chi connectivity index (χ4v) is 4.92. The van der Waals surface area contributed by atoms with E-state index < -0.39 is 5.25 Å². The van der Waals surface area contributed by atoms with Crippen LogP contribution in [0.4, 0.5) is 11.4 Å². The molecule has 0 spiro atoms. The molecule has 2 aromatic carbocycles. The van der Waals surface area contributed by atoms with Gasteiger partial charge in [-0.3, -0.25) is 14.4 Å². The van der Waals surface area contributed by atoms with Crippen molar-refractivity contribution in [1.82, 2.24) is 4.90 Å². The van der Waals surface area contributed by atoms with Gasteiger partial charge in [-0.2, -0.15) is 0 Å². The molecule has 3 amide bonds. The van der Waals surface area contributed by atoms with Gasteiger partial charge in [-0.05, 0) is 56.0 Å². The van der Waals surface area contributed by atoms with E-state index in [0.717, 1.165) is 27.4 Å². The third-order valence-electron chi connectivity index (χ3n) is 5.68. The minimum absolute atomic E-state index is 0.00508. The molecular weight excluding hydrogens is 398 g/mol. The van der Waals surface area contributed by atoms with Crippen LogP contribution in [0.15, 0.2) is 47.4 Å². The van der Waals surface area contributed by atoms with E-state index in [2.05, 4.69) is 10.6 Å². The van der Waals surface area contributed by atoms with Crippen LogP contribution in [-0.2, 0) is 14.4 Å². The molecule has 4 rings (SSSR count). The lowest BCUT2D eigenvalue weighted by Crippen LogP contribution is -2.48. The molecule has 1 fully saturated rings. The number of fused-ring (bicyclic) bond motifs is 1. The van der Waals surface area contributed by atoms with E-state index in [1.54, 1.807) is 4.90 Å². The van der Waals surface area contributed by atoms with Gasteiger partial charge in [0.05, 0.1) is 5.69 Å². The molecule has 7 heteroatoms. The lowest BCUT2D eigenvalue weighted by molar-refractivity contribution is -0.136. The predicted octanol–water partition coefficient (Wildman–Crippen LogP) is 3.59. The number of para-hydroxylation sites is 1. The van der Waals surface area contributed by atoms with Crippen molar-refractivity contribution in [3.05, 3.63) is 53.6 Å². The number of carbonyl (C=O) groups excluding carboxylic acids is 3. The zero-order chi connectivity index (χ0) is 21.3. The van der Waals surface area contributed by atoms with Crippen LogP contribution in [0.3, 0.4) is 0 Å². The van der Waals surface area contributed by atoms with Crippen molar-refractivity contribution in [2.24, 2.45) is 5.92 Å². The maximum absolute atomic E-state index is 13.0. The molecular formula is C23H25N3O3S. The first-order valence-corrected chi connectivity index (χ1v) is 11.0. The number of hydrogen-bond acceptors (Lipinski definition) is 4. The van der Waals surface area contributed by atoms with Crippen molar-refractivity contribution in [3.8, 4) is 0 Å². The molecule has 30 heavy (non-hydrogen) atoms. The number of anilines is 2. The normalized spacial score (nSPS) is 19.1. The SMILES string of the molecule is Cc1ccc(C)c(NC(=O)C2CCN(C(=O)[C@@H]3Sc4ccccc4NC3=O)CC2)c1. The van der Waals surface area contributed by atoms with Crippen LogP contribution in [0.5, 0.6) is 0 Å². The Labute approximate surface area is 180 Å². The quantitative estimate of drug-likeness (QED) is 0.740. The summed E-state index contributed by atoms with van der Waals surface area (Å²) in [5.74, 6) is -0.601. The summed E-state index contributed by atoms with van der Waals surface area (Å²) in [4.78, 5) is 40.7. The van der Waals surface area contributed by atoms with E-state index in [0.29, 0.717) is 25.9 Å². The second-order valence-corrected chi connectivity index (χ2v) is 9.04. The van der Waals surface area contributed by atoms with Crippen molar-refractivity contribution in [2.75, 3.05) is 23.7 Å². The Morgan fingerprint density at radius 3 is 2.60 bits per heavy atom. The first kappa shape index (κ1) is 20.5. The fourth-order valence-electron chi connectivity index (χ4n) is 3.85. The number of hydrogen-bond donors (Lipinski definition) is 2. The van der Waals surface area contributed by atoms with Crippen LogP contribution in [0.1, 0.15) is 24.0 Å². The van der Waals surface area contributed by atoms with Gasteiger partial charge < -0.3 is 15.5 Å². The van der Waals surface area contributed by atoms with Gasteiger partial charge in [0.25, 0.3) is 0 Å². The Kier molecular flexibility index (Phi) is 5.81. The molecule has 0 aliphatic carbocycles. The minimum atomic E-state index is -0.778. The Balaban J connectivity index is 1.35. The van der Waals surface area contributed by atoms with Crippen LogP contribution in [0.25, 0.3) is 0 Å². The van der Waals surface area contributed by atoms with E-state index in [4.69, 9.17) is 0 Å². The topological polar surface area (TPSA) is 78.5 Å². The number of aryl methyl sites for hydroxylation is 2. The lowest BCUT2D eigenvalue weighted by atomic mass is 9.95. The molecule has 2 heterocycles. The Morgan fingerprint density at radius 1 is 1.10 bits per heavy atom. The first-order valence-electron chi connectivity index (χ1n) is 10.2. The Hall–Kier alpha value is -2.80. The Morgan fingerprint density at radius 2 is 1.83 bits per heavy atom. The molecule has 2 N–H and O–H groups in total. The molecule has 6 nitrogen and oxygen atoms in total. The van der Waals surface area contributed by atoms with E-state index >= 15 is 0 Å². The fraction of sp³-hybridized carbons (Fsp3) is 0.348. The summed E-state index contributed by atoms with van der Waals surface area (Å²) in [6, 6.07) is 13.5. The van der Waals surface area contributed by atoms with Crippen molar-refractivity contribution >= 4 is 40.9 Å². The van der Waals surface area contributed by atoms with Gasteiger partial charge in [-0.25, -0.2) is 0 Å². The van der Waals surface area contributed by atoms with E-state index in [9.17, 15) is 14.4 Å². The smallest absolute Gasteiger partial charge is 0.247 e. The van der Waals surface area contributed by atoms with Crippen LogP contribution >= 0.6 is 11.8 Å². The van der Waals surface area contributed by atoms with E-state index in [1.165, 1.54) is 11.8 Å². The number of likely N-dealkylation sites (tertiary alicyclic amines) is 1. The molecule has 2 aromatic rings. The average Bonchev–Trinajstić information content (AvgIpc) is 2.75. The monoisotopic (exact) mass is 423 g/mol. The molecule has 2 aliphatic heterocycles. The third kappa shape index (κ3) is 4.21. The van der Waals surface area contributed by atoms with Crippen molar-refractivity contribution in [3.63, 3.8) is 0 Å². The van der Waals surface area contributed by atoms with Crippen LogP contribution in [0.2, 0.25) is 0 Å². The van der Waals surface area contributed by atoms with Gasteiger partial charge in [0.1, 0.15) is 0 Å². The second kappa shape index (κ2) is 8.52. The molecule has 156 valence electrons. The molecule has 1 atom stereocenters. The first-order chi connectivity index (χ1) is 14.4. The lowest BCUT2D eigenvalue weighted by Gasteiger charge is -2.34. The molecule has 0 aromatic heterocycles. The highest BCUT2D eigenvalue weighted by atomic mass is 32.2. The number of nitrogens with zero attached hydrogens (tertiary/aromatic N) is 1. The maximum Gasteiger partial charge on any atom is 0.247 e. The van der Waals surface area contributed by atoms with Gasteiger partial charge in [-0.1, -0.05) is 24.3 Å². The van der Waals surface area contributed by atoms with Gasteiger partial charge in [0.2, 0.25) is 17.7 Å². The second-order valence-electron chi connectivity index (χ2n) is 7.89. The highest BCUT2D eigenvalue weighted by Gasteiger charge is 2.37. The molecule has 0 bridgehead atoms. The number of benzene rings is 2. The average molecular weight is 424 g/mol. The van der Waals surface area contributed by atoms with Gasteiger partial charge in [0, 0.05) is 29.6 Å². The standard InChI is InChI=1S/C23H25N3O3S/c1-14-7-8-15(2)18(13-14)25-21(27)16-9-11-26(12-10-16)23(29)20-22(28)24-17-5-3-4-6-19(17)30-20/h3-8,13,16,20H,9-12H2,1-2H3,(H,24,28)(H,25,27)/t20-/m1/s1. The zero-order valence-electron chi connectivity index (χ0n) is 17.1.